The third-order valence-corrected chi connectivity index (χ3v) is 3.19. The number of likely N-dealkylation sites (tertiary alicyclic amines) is 1. The molecular formula is C12H27N3. The third-order valence-electron chi connectivity index (χ3n) is 3.19. The van der Waals surface area contributed by atoms with Crippen LogP contribution in [0.5, 0.6) is 0 Å². The molecular weight excluding hydrogens is 186 g/mol. The van der Waals surface area contributed by atoms with Gasteiger partial charge in [0.25, 0.3) is 0 Å². The Balaban J connectivity index is 2.04. The largest absolute Gasteiger partial charge is 0.329 e. The Morgan fingerprint density at radius 2 is 2.00 bits per heavy atom. The maximum atomic E-state index is 5.55. The van der Waals surface area contributed by atoms with Gasteiger partial charge in [-0.1, -0.05) is 13.8 Å². The van der Waals surface area contributed by atoms with Gasteiger partial charge in [-0.15, -0.1) is 0 Å². The molecule has 1 heterocycles. The van der Waals surface area contributed by atoms with Gasteiger partial charge >= 0.3 is 0 Å². The van der Waals surface area contributed by atoms with Crippen LogP contribution in [0, 0.1) is 5.92 Å². The number of hydrogen-bond acceptors (Lipinski definition) is 3. The van der Waals surface area contributed by atoms with E-state index in [9.17, 15) is 0 Å². The highest BCUT2D eigenvalue weighted by atomic mass is 15.1. The smallest absolute Gasteiger partial charge is 0.0105 e. The summed E-state index contributed by atoms with van der Waals surface area (Å²) in [6.07, 6.45) is 3.87. The molecule has 1 rings (SSSR count). The van der Waals surface area contributed by atoms with Crippen molar-refractivity contribution in [2.45, 2.75) is 39.2 Å². The molecule has 90 valence electrons. The summed E-state index contributed by atoms with van der Waals surface area (Å²) in [4.78, 5) is 2.47. The first-order valence-electron chi connectivity index (χ1n) is 6.38. The van der Waals surface area contributed by atoms with Crippen LogP contribution in [-0.4, -0.2) is 43.7 Å². The van der Waals surface area contributed by atoms with E-state index in [0.717, 1.165) is 25.0 Å². The molecule has 15 heavy (non-hydrogen) atoms. The van der Waals surface area contributed by atoms with Crippen LogP contribution in [0.4, 0.5) is 0 Å². The molecule has 0 aromatic carbocycles. The zero-order valence-electron chi connectivity index (χ0n) is 10.3. The van der Waals surface area contributed by atoms with E-state index in [1.165, 1.54) is 38.9 Å². The van der Waals surface area contributed by atoms with Crippen molar-refractivity contribution >= 4 is 0 Å². The average molecular weight is 213 g/mol. The molecule has 3 heteroatoms. The summed E-state index contributed by atoms with van der Waals surface area (Å²) in [5.74, 6) is 0.815. The van der Waals surface area contributed by atoms with Gasteiger partial charge in [-0.2, -0.15) is 0 Å². The lowest BCUT2D eigenvalue weighted by Gasteiger charge is -2.32. The summed E-state index contributed by atoms with van der Waals surface area (Å²) >= 11 is 0. The lowest BCUT2D eigenvalue weighted by Crippen LogP contribution is -2.44. The third kappa shape index (κ3) is 5.50. The van der Waals surface area contributed by atoms with Crippen LogP contribution in [0.15, 0.2) is 0 Å². The summed E-state index contributed by atoms with van der Waals surface area (Å²) in [5, 5.41) is 3.66. The van der Waals surface area contributed by atoms with Crippen molar-refractivity contribution in [3.63, 3.8) is 0 Å². The summed E-state index contributed by atoms with van der Waals surface area (Å²) < 4.78 is 0. The number of nitrogens with zero attached hydrogens (tertiary/aromatic N) is 1. The fraction of sp³-hybridized carbons (Fsp3) is 1.00. The molecule has 0 unspecified atom stereocenters. The first kappa shape index (κ1) is 12.9. The molecule has 3 N–H and O–H groups in total. The van der Waals surface area contributed by atoms with E-state index in [2.05, 4.69) is 24.1 Å². The van der Waals surface area contributed by atoms with Crippen molar-refractivity contribution in [2.24, 2.45) is 11.7 Å². The Labute approximate surface area is 94.4 Å². The summed E-state index contributed by atoms with van der Waals surface area (Å²) in [7, 11) is 0. The van der Waals surface area contributed by atoms with Gasteiger partial charge in [-0.05, 0) is 44.8 Å². The maximum absolute atomic E-state index is 5.55. The van der Waals surface area contributed by atoms with Crippen molar-refractivity contribution in [2.75, 3.05) is 32.7 Å². The molecule has 0 bridgehead atoms. The predicted molar refractivity (Wildman–Crippen MR) is 66.0 cm³/mol. The molecule has 0 saturated carbocycles. The van der Waals surface area contributed by atoms with Gasteiger partial charge in [-0.25, -0.2) is 0 Å². The van der Waals surface area contributed by atoms with E-state index in [1.807, 2.05) is 0 Å². The zero-order chi connectivity index (χ0) is 11.1. The molecule has 0 aromatic rings. The molecule has 0 spiro atoms. The number of rotatable bonds is 6. The highest BCUT2D eigenvalue weighted by Gasteiger charge is 2.17. The first-order valence-corrected chi connectivity index (χ1v) is 6.38. The monoisotopic (exact) mass is 213 g/mol. The number of hydrogen-bond donors (Lipinski definition) is 2. The van der Waals surface area contributed by atoms with E-state index in [-0.39, 0.29) is 0 Å². The topological polar surface area (TPSA) is 41.3 Å². The Hall–Kier alpha value is -0.120. The van der Waals surface area contributed by atoms with E-state index in [1.54, 1.807) is 0 Å². The second-order valence-electron chi connectivity index (χ2n) is 5.04. The van der Waals surface area contributed by atoms with Crippen LogP contribution in [0.3, 0.4) is 0 Å². The fourth-order valence-corrected chi connectivity index (χ4v) is 2.12. The molecule has 0 aromatic heterocycles. The number of nitrogens with one attached hydrogen (secondary N) is 1. The Kier molecular flexibility index (Phi) is 6.22. The van der Waals surface area contributed by atoms with E-state index in [0.29, 0.717) is 0 Å². The standard InChI is InChI=1S/C12H27N3/c1-11(2)3-7-14-12-4-8-15(9-5-12)10-6-13/h11-12,14H,3-10,13H2,1-2H3. The first-order chi connectivity index (χ1) is 7.22. The van der Waals surface area contributed by atoms with Crippen LogP contribution < -0.4 is 11.1 Å². The predicted octanol–water partition coefficient (Wildman–Crippen LogP) is 1.05. The van der Waals surface area contributed by atoms with Crippen LogP contribution in [0.1, 0.15) is 33.1 Å². The van der Waals surface area contributed by atoms with Crippen molar-refractivity contribution < 1.29 is 0 Å². The summed E-state index contributed by atoms with van der Waals surface area (Å²) in [6, 6.07) is 0.748. The number of piperidine rings is 1. The SMILES string of the molecule is CC(C)CCNC1CCN(CCN)CC1. The molecule has 0 radical (unpaired) electrons. The molecule has 1 fully saturated rings. The van der Waals surface area contributed by atoms with E-state index >= 15 is 0 Å². The van der Waals surface area contributed by atoms with Crippen molar-refractivity contribution in [1.82, 2.24) is 10.2 Å². The molecule has 0 atom stereocenters. The second-order valence-corrected chi connectivity index (χ2v) is 5.04. The zero-order valence-corrected chi connectivity index (χ0v) is 10.3. The van der Waals surface area contributed by atoms with Crippen LogP contribution >= 0.6 is 0 Å². The molecule has 0 aliphatic carbocycles. The lowest BCUT2D eigenvalue weighted by molar-refractivity contribution is 0.201. The number of nitrogens with two attached hydrogens (primary N) is 1. The lowest BCUT2D eigenvalue weighted by atomic mass is 10.0. The van der Waals surface area contributed by atoms with Crippen molar-refractivity contribution in [3.05, 3.63) is 0 Å². The fourth-order valence-electron chi connectivity index (χ4n) is 2.12. The summed E-state index contributed by atoms with van der Waals surface area (Å²) in [5.41, 5.74) is 5.55. The van der Waals surface area contributed by atoms with Gasteiger partial charge in [-0.3, -0.25) is 0 Å². The summed E-state index contributed by atoms with van der Waals surface area (Å²) in [6.45, 7) is 10.0. The highest BCUT2D eigenvalue weighted by Crippen LogP contribution is 2.10. The molecule has 0 amide bonds. The van der Waals surface area contributed by atoms with Gasteiger partial charge in [0.15, 0.2) is 0 Å². The molecule has 3 nitrogen and oxygen atoms in total. The molecule has 1 aliphatic heterocycles. The van der Waals surface area contributed by atoms with Gasteiger partial charge in [0.2, 0.25) is 0 Å². The van der Waals surface area contributed by atoms with Gasteiger partial charge < -0.3 is 16.0 Å². The van der Waals surface area contributed by atoms with Gasteiger partial charge in [0.05, 0.1) is 0 Å². The second kappa shape index (κ2) is 7.20. The minimum atomic E-state index is 0.748. The van der Waals surface area contributed by atoms with Crippen molar-refractivity contribution in [1.29, 1.82) is 0 Å². The van der Waals surface area contributed by atoms with E-state index < -0.39 is 0 Å². The normalized spacial score (nSPS) is 20.0. The minimum Gasteiger partial charge on any atom is -0.329 e. The van der Waals surface area contributed by atoms with Crippen LogP contribution in [0.2, 0.25) is 0 Å². The van der Waals surface area contributed by atoms with Gasteiger partial charge in [0.1, 0.15) is 0 Å². The maximum Gasteiger partial charge on any atom is 0.0105 e. The van der Waals surface area contributed by atoms with Crippen molar-refractivity contribution in [3.8, 4) is 0 Å². The average Bonchev–Trinajstić information content (AvgIpc) is 2.20. The highest BCUT2D eigenvalue weighted by molar-refractivity contribution is 4.77. The quantitative estimate of drug-likeness (QED) is 0.693. The van der Waals surface area contributed by atoms with Crippen LogP contribution in [0.25, 0.3) is 0 Å². The van der Waals surface area contributed by atoms with E-state index in [4.69, 9.17) is 5.73 Å². The molecule has 1 saturated heterocycles. The Morgan fingerprint density at radius 3 is 2.53 bits per heavy atom. The van der Waals surface area contributed by atoms with Crippen LogP contribution in [-0.2, 0) is 0 Å². The van der Waals surface area contributed by atoms with Gasteiger partial charge in [0, 0.05) is 19.1 Å². The molecule has 1 aliphatic rings. The Bertz CT molecular complexity index is 151. The Morgan fingerprint density at radius 1 is 1.33 bits per heavy atom. The minimum absolute atomic E-state index is 0.748.